The van der Waals surface area contributed by atoms with Gasteiger partial charge in [0.1, 0.15) is 5.75 Å². The van der Waals surface area contributed by atoms with E-state index in [9.17, 15) is 18.3 Å². The summed E-state index contributed by atoms with van der Waals surface area (Å²) in [5.74, 6) is -0.442. The van der Waals surface area contributed by atoms with E-state index in [0.29, 0.717) is 8.95 Å². The topological polar surface area (TPSA) is 95.5 Å². The molecule has 6 nitrogen and oxygen atoms in total. The molecule has 1 amide bonds. The van der Waals surface area contributed by atoms with Crippen LogP contribution < -0.4 is 10.0 Å². The molecule has 0 saturated carbocycles. The summed E-state index contributed by atoms with van der Waals surface area (Å²) in [5.41, 5.74) is 1.15. The number of hydrogen-bond donors (Lipinski definition) is 3. The molecule has 0 fully saturated rings. The van der Waals surface area contributed by atoms with E-state index in [1.807, 2.05) is 6.92 Å². The number of benzene rings is 2. The zero-order chi connectivity index (χ0) is 18.6. The smallest absolute Gasteiger partial charge is 0.241 e. The highest BCUT2D eigenvalue weighted by molar-refractivity contribution is 9.11. The lowest BCUT2D eigenvalue weighted by Crippen LogP contribution is -2.28. The predicted molar refractivity (Wildman–Crippen MR) is 103 cm³/mol. The number of hydrogen-bond acceptors (Lipinski definition) is 4. The maximum atomic E-state index is 12.3. The average molecular weight is 492 g/mol. The molecule has 0 aliphatic carbocycles. The van der Waals surface area contributed by atoms with Gasteiger partial charge in [0.2, 0.25) is 15.9 Å². The van der Waals surface area contributed by atoms with Crippen LogP contribution in [-0.4, -0.2) is 26.0 Å². The summed E-state index contributed by atoms with van der Waals surface area (Å²) in [6.07, 6.45) is -0.0713. The lowest BCUT2D eigenvalue weighted by molar-refractivity contribution is -0.116. The monoisotopic (exact) mass is 490 g/mol. The molecule has 2 aromatic rings. The van der Waals surface area contributed by atoms with Crippen molar-refractivity contribution in [2.75, 3.05) is 11.9 Å². The second-order valence-electron chi connectivity index (χ2n) is 5.29. The van der Waals surface area contributed by atoms with Gasteiger partial charge in [-0.25, -0.2) is 13.1 Å². The Hall–Kier alpha value is -1.42. The Kier molecular flexibility index (Phi) is 6.61. The van der Waals surface area contributed by atoms with Crippen molar-refractivity contribution in [3.05, 3.63) is 50.9 Å². The SMILES string of the molecule is Cc1ccc(NC(=O)CCNS(=O)(=O)c2cc(Br)ccc2Br)c(O)c1. The van der Waals surface area contributed by atoms with Crippen LogP contribution in [0.2, 0.25) is 0 Å². The Labute approximate surface area is 162 Å². The minimum absolute atomic E-state index is 0.0352. The van der Waals surface area contributed by atoms with Gasteiger partial charge in [-0.1, -0.05) is 22.0 Å². The van der Waals surface area contributed by atoms with Crippen LogP contribution in [0.5, 0.6) is 5.75 Å². The molecular weight excluding hydrogens is 476 g/mol. The number of amides is 1. The van der Waals surface area contributed by atoms with Crippen molar-refractivity contribution in [3.63, 3.8) is 0 Å². The van der Waals surface area contributed by atoms with Crippen LogP contribution >= 0.6 is 31.9 Å². The van der Waals surface area contributed by atoms with Gasteiger partial charge in [0.05, 0.1) is 10.6 Å². The summed E-state index contributed by atoms with van der Waals surface area (Å²) in [5, 5.41) is 12.3. The molecular formula is C16H16Br2N2O4S. The minimum atomic E-state index is -3.75. The fourth-order valence-electron chi connectivity index (χ4n) is 2.02. The first-order valence-corrected chi connectivity index (χ1v) is 10.3. The number of rotatable bonds is 6. The number of halogens is 2. The van der Waals surface area contributed by atoms with Crippen molar-refractivity contribution in [3.8, 4) is 5.75 Å². The van der Waals surface area contributed by atoms with E-state index >= 15 is 0 Å². The summed E-state index contributed by atoms with van der Waals surface area (Å²) >= 11 is 6.43. The van der Waals surface area contributed by atoms with Crippen molar-refractivity contribution < 1.29 is 18.3 Å². The van der Waals surface area contributed by atoms with E-state index in [-0.39, 0.29) is 29.3 Å². The number of phenols is 1. The summed E-state index contributed by atoms with van der Waals surface area (Å²) < 4.78 is 28.0. The predicted octanol–water partition coefficient (Wildman–Crippen LogP) is 3.53. The van der Waals surface area contributed by atoms with Crippen LogP contribution in [0.4, 0.5) is 5.69 Å². The molecule has 9 heteroatoms. The molecule has 0 aliphatic heterocycles. The lowest BCUT2D eigenvalue weighted by Gasteiger charge is -2.10. The third kappa shape index (κ3) is 5.53. The molecule has 0 aliphatic rings. The molecule has 0 spiro atoms. The lowest BCUT2D eigenvalue weighted by atomic mass is 10.2. The standard InChI is InChI=1S/C16H16Br2N2O4S/c1-10-2-5-13(14(21)8-10)20-16(22)6-7-19-25(23,24)15-9-11(17)3-4-12(15)18/h2-5,8-9,19,21H,6-7H2,1H3,(H,20,22). The summed E-state index contributed by atoms with van der Waals surface area (Å²) in [4.78, 5) is 12.0. The number of aromatic hydroxyl groups is 1. The van der Waals surface area contributed by atoms with Gasteiger partial charge in [-0.3, -0.25) is 4.79 Å². The number of aryl methyl sites for hydroxylation is 1. The summed E-state index contributed by atoms with van der Waals surface area (Å²) in [7, 11) is -3.75. The van der Waals surface area contributed by atoms with E-state index in [4.69, 9.17) is 0 Å². The number of anilines is 1. The quantitative estimate of drug-likeness (QED) is 0.538. The van der Waals surface area contributed by atoms with Crippen molar-refractivity contribution in [1.29, 1.82) is 0 Å². The van der Waals surface area contributed by atoms with Crippen LogP contribution in [0, 0.1) is 6.92 Å². The fourth-order valence-corrected chi connectivity index (χ4v) is 4.55. The van der Waals surface area contributed by atoms with Gasteiger partial charge in [0.25, 0.3) is 0 Å². The second kappa shape index (κ2) is 8.31. The zero-order valence-electron chi connectivity index (χ0n) is 13.2. The first-order valence-electron chi connectivity index (χ1n) is 7.23. The molecule has 134 valence electrons. The van der Waals surface area contributed by atoms with Crippen molar-refractivity contribution in [1.82, 2.24) is 4.72 Å². The van der Waals surface area contributed by atoms with Crippen molar-refractivity contribution in [2.24, 2.45) is 0 Å². The van der Waals surface area contributed by atoms with Crippen LogP contribution in [-0.2, 0) is 14.8 Å². The number of carbonyl (C=O) groups excluding carboxylic acids is 1. The maximum absolute atomic E-state index is 12.3. The molecule has 2 aromatic carbocycles. The van der Waals surface area contributed by atoms with Gasteiger partial charge in [0, 0.05) is 21.9 Å². The Morgan fingerprint density at radius 3 is 2.56 bits per heavy atom. The normalized spacial score (nSPS) is 11.3. The highest BCUT2D eigenvalue weighted by Crippen LogP contribution is 2.26. The van der Waals surface area contributed by atoms with Crippen LogP contribution in [0.3, 0.4) is 0 Å². The van der Waals surface area contributed by atoms with E-state index < -0.39 is 15.9 Å². The highest BCUT2D eigenvalue weighted by Gasteiger charge is 2.18. The van der Waals surface area contributed by atoms with Gasteiger partial charge in [0.15, 0.2) is 0 Å². The van der Waals surface area contributed by atoms with E-state index in [1.54, 1.807) is 24.3 Å². The van der Waals surface area contributed by atoms with Crippen molar-refractivity contribution >= 4 is 53.5 Å². The third-order valence-electron chi connectivity index (χ3n) is 3.25. The summed E-state index contributed by atoms with van der Waals surface area (Å²) in [6, 6.07) is 9.67. The Bertz CT molecular complexity index is 901. The van der Waals surface area contributed by atoms with E-state index in [2.05, 4.69) is 41.9 Å². The highest BCUT2D eigenvalue weighted by atomic mass is 79.9. The average Bonchev–Trinajstić information content (AvgIpc) is 2.52. The fraction of sp³-hybridized carbons (Fsp3) is 0.188. The number of sulfonamides is 1. The van der Waals surface area contributed by atoms with Crippen molar-refractivity contribution in [2.45, 2.75) is 18.2 Å². The largest absolute Gasteiger partial charge is 0.506 e. The van der Waals surface area contributed by atoms with Crippen LogP contribution in [0.1, 0.15) is 12.0 Å². The Morgan fingerprint density at radius 2 is 1.88 bits per heavy atom. The Morgan fingerprint density at radius 1 is 1.16 bits per heavy atom. The molecule has 25 heavy (non-hydrogen) atoms. The van der Waals surface area contributed by atoms with Gasteiger partial charge < -0.3 is 10.4 Å². The molecule has 0 heterocycles. The van der Waals surface area contributed by atoms with Gasteiger partial charge in [-0.15, -0.1) is 0 Å². The van der Waals surface area contributed by atoms with Gasteiger partial charge in [-0.2, -0.15) is 0 Å². The second-order valence-corrected chi connectivity index (χ2v) is 8.80. The first-order chi connectivity index (χ1) is 11.7. The molecule has 0 atom stereocenters. The third-order valence-corrected chi connectivity index (χ3v) is 6.20. The number of phenolic OH excluding ortho intramolecular Hbond substituents is 1. The van der Waals surface area contributed by atoms with E-state index in [1.165, 1.54) is 12.1 Å². The van der Waals surface area contributed by atoms with Crippen LogP contribution in [0.15, 0.2) is 50.2 Å². The number of nitrogens with one attached hydrogen (secondary N) is 2. The van der Waals surface area contributed by atoms with Gasteiger partial charge >= 0.3 is 0 Å². The first kappa shape index (κ1) is 19.9. The number of carbonyl (C=O) groups is 1. The van der Waals surface area contributed by atoms with Crippen LogP contribution in [0.25, 0.3) is 0 Å². The molecule has 3 N–H and O–H groups in total. The molecule has 0 saturated heterocycles. The van der Waals surface area contributed by atoms with Gasteiger partial charge in [-0.05, 0) is 58.7 Å². The van der Waals surface area contributed by atoms with E-state index in [0.717, 1.165) is 5.56 Å². The molecule has 0 unspecified atom stereocenters. The molecule has 2 rings (SSSR count). The maximum Gasteiger partial charge on any atom is 0.241 e. The minimum Gasteiger partial charge on any atom is -0.506 e. The molecule has 0 aromatic heterocycles. The Balaban J connectivity index is 1.95. The summed E-state index contributed by atoms with van der Waals surface area (Å²) in [6.45, 7) is 1.75. The zero-order valence-corrected chi connectivity index (χ0v) is 17.2. The molecule has 0 radical (unpaired) electrons. The molecule has 0 bridgehead atoms.